The van der Waals surface area contributed by atoms with Gasteiger partial charge in [-0.2, -0.15) is 0 Å². The van der Waals surface area contributed by atoms with Gasteiger partial charge in [0, 0.05) is 29.4 Å². The molecule has 0 saturated carbocycles. The van der Waals surface area contributed by atoms with Crippen molar-refractivity contribution in [3.8, 4) is 11.5 Å². The molecule has 0 unspecified atom stereocenters. The Labute approximate surface area is 201 Å². The topological polar surface area (TPSA) is 123 Å². The fourth-order valence-electron chi connectivity index (χ4n) is 3.24. The Kier molecular flexibility index (Phi) is 7.16. The lowest BCUT2D eigenvalue weighted by atomic mass is 10.2. The predicted octanol–water partition coefficient (Wildman–Crippen LogP) is 3.16. The van der Waals surface area contributed by atoms with Gasteiger partial charge in [-0.3, -0.25) is 14.3 Å². The van der Waals surface area contributed by atoms with E-state index in [1.165, 1.54) is 54.6 Å². The Balaban J connectivity index is 1.33. The molecule has 3 N–H and O–H groups in total. The van der Waals surface area contributed by atoms with Crippen LogP contribution in [0.1, 0.15) is 16.8 Å². The summed E-state index contributed by atoms with van der Waals surface area (Å²) in [7, 11) is -3.89. The summed E-state index contributed by atoms with van der Waals surface area (Å²) in [6.07, 6.45) is 0.706. The number of nitrogens with one attached hydrogen (secondary N) is 3. The Hall–Kier alpha value is -4.12. The van der Waals surface area contributed by atoms with E-state index in [9.17, 15) is 22.4 Å². The number of carbonyl (C=O) groups is 2. The van der Waals surface area contributed by atoms with Gasteiger partial charge in [0.25, 0.3) is 15.9 Å². The Bertz CT molecular complexity index is 1350. The van der Waals surface area contributed by atoms with E-state index in [-0.39, 0.29) is 22.7 Å². The van der Waals surface area contributed by atoms with Crippen LogP contribution in [0, 0.1) is 5.82 Å². The molecule has 1 heterocycles. The Morgan fingerprint density at radius 1 is 0.886 bits per heavy atom. The molecule has 0 fully saturated rings. The van der Waals surface area contributed by atoms with Crippen molar-refractivity contribution in [2.45, 2.75) is 11.3 Å². The first-order valence-electron chi connectivity index (χ1n) is 10.7. The monoisotopic (exact) mass is 499 g/mol. The van der Waals surface area contributed by atoms with Crippen LogP contribution in [0.25, 0.3) is 0 Å². The molecule has 9 nitrogen and oxygen atoms in total. The van der Waals surface area contributed by atoms with Gasteiger partial charge in [0.05, 0.1) is 24.7 Å². The van der Waals surface area contributed by atoms with Gasteiger partial charge in [-0.05, 0) is 54.6 Å². The number of ether oxygens (including phenoxy) is 2. The lowest BCUT2D eigenvalue weighted by Crippen LogP contribution is -2.32. The molecule has 0 aliphatic carbocycles. The quantitative estimate of drug-likeness (QED) is 0.459. The zero-order valence-electron chi connectivity index (χ0n) is 18.4. The molecule has 0 saturated heterocycles. The van der Waals surface area contributed by atoms with Crippen LogP contribution in [0.2, 0.25) is 0 Å². The number of rotatable bonds is 7. The number of carbonyl (C=O) groups excluding carboxylic acids is 2. The minimum Gasteiger partial charge on any atom is -0.490 e. The molecular formula is C24H22FN3O6S. The molecule has 1 aliphatic heterocycles. The van der Waals surface area contributed by atoms with E-state index in [4.69, 9.17) is 9.47 Å². The maximum atomic E-state index is 13.2. The SMILES string of the molecule is O=C(CNC(=O)c1cccc(F)c1)Nc1ccc(NS(=O)(=O)c2ccc3c(c2)OCCCO3)cc1. The average molecular weight is 500 g/mol. The lowest BCUT2D eigenvalue weighted by molar-refractivity contribution is -0.115. The van der Waals surface area contributed by atoms with E-state index in [1.54, 1.807) is 6.07 Å². The highest BCUT2D eigenvalue weighted by Gasteiger charge is 2.19. The van der Waals surface area contributed by atoms with Gasteiger partial charge < -0.3 is 20.1 Å². The van der Waals surface area contributed by atoms with Crippen molar-refractivity contribution in [2.75, 3.05) is 29.8 Å². The zero-order valence-corrected chi connectivity index (χ0v) is 19.2. The first kappa shape index (κ1) is 24.0. The molecule has 0 bridgehead atoms. The van der Waals surface area contributed by atoms with Crippen molar-refractivity contribution in [1.82, 2.24) is 5.32 Å². The second kappa shape index (κ2) is 10.4. The number of hydrogen-bond donors (Lipinski definition) is 3. The molecule has 1 aliphatic rings. The standard InChI is InChI=1S/C24H22FN3O6S/c25-17-4-1-3-16(13-17)24(30)26-15-23(29)27-18-5-7-19(8-6-18)28-35(31,32)20-9-10-21-22(14-20)34-12-2-11-33-21/h1,3-10,13-14,28H,2,11-12,15H2,(H,26,30)(H,27,29). The van der Waals surface area contributed by atoms with Crippen LogP contribution in [0.4, 0.5) is 15.8 Å². The smallest absolute Gasteiger partial charge is 0.262 e. The summed E-state index contributed by atoms with van der Waals surface area (Å²) in [6.45, 7) is 0.610. The average Bonchev–Trinajstić information content (AvgIpc) is 3.08. The molecule has 35 heavy (non-hydrogen) atoms. The summed E-state index contributed by atoms with van der Waals surface area (Å²) in [6, 6.07) is 15.5. The van der Waals surface area contributed by atoms with Gasteiger partial charge in [-0.15, -0.1) is 0 Å². The molecule has 3 aromatic rings. The van der Waals surface area contributed by atoms with Crippen LogP contribution >= 0.6 is 0 Å². The molecule has 0 radical (unpaired) electrons. The molecule has 2 amide bonds. The second-order valence-electron chi connectivity index (χ2n) is 7.58. The second-order valence-corrected chi connectivity index (χ2v) is 9.27. The Morgan fingerprint density at radius 2 is 1.60 bits per heavy atom. The largest absolute Gasteiger partial charge is 0.490 e. The third kappa shape index (κ3) is 6.27. The van der Waals surface area contributed by atoms with Gasteiger partial charge in [0.1, 0.15) is 5.82 Å². The van der Waals surface area contributed by atoms with Crippen LogP contribution in [0.5, 0.6) is 11.5 Å². The van der Waals surface area contributed by atoms with E-state index < -0.39 is 27.7 Å². The highest BCUT2D eigenvalue weighted by Crippen LogP contribution is 2.32. The van der Waals surface area contributed by atoms with Crippen molar-refractivity contribution in [1.29, 1.82) is 0 Å². The van der Waals surface area contributed by atoms with Crippen molar-refractivity contribution in [3.05, 3.63) is 78.1 Å². The van der Waals surface area contributed by atoms with Crippen LogP contribution < -0.4 is 24.8 Å². The van der Waals surface area contributed by atoms with E-state index in [0.29, 0.717) is 36.8 Å². The summed E-state index contributed by atoms with van der Waals surface area (Å²) in [5.74, 6) is -0.779. The third-order valence-corrected chi connectivity index (χ3v) is 6.33. The van der Waals surface area contributed by atoms with Crippen LogP contribution in [0.3, 0.4) is 0 Å². The van der Waals surface area contributed by atoms with E-state index >= 15 is 0 Å². The maximum Gasteiger partial charge on any atom is 0.262 e. The normalized spacial score (nSPS) is 12.8. The number of halogens is 1. The number of benzene rings is 3. The first-order chi connectivity index (χ1) is 16.8. The highest BCUT2D eigenvalue weighted by atomic mass is 32.2. The van der Waals surface area contributed by atoms with Crippen molar-refractivity contribution < 1.29 is 31.9 Å². The summed E-state index contributed by atoms with van der Waals surface area (Å²) >= 11 is 0. The molecule has 0 atom stereocenters. The molecule has 3 aromatic carbocycles. The molecule has 11 heteroatoms. The summed E-state index contributed by atoms with van der Waals surface area (Å²) in [5, 5.41) is 4.99. The fraction of sp³-hybridized carbons (Fsp3) is 0.167. The number of fused-ring (bicyclic) bond motifs is 1. The fourth-order valence-corrected chi connectivity index (χ4v) is 4.32. The van der Waals surface area contributed by atoms with E-state index in [1.807, 2.05) is 0 Å². The lowest BCUT2D eigenvalue weighted by Gasteiger charge is -2.12. The summed E-state index contributed by atoms with van der Waals surface area (Å²) in [4.78, 5) is 24.2. The third-order valence-electron chi connectivity index (χ3n) is 4.95. The van der Waals surface area contributed by atoms with Crippen molar-refractivity contribution in [3.63, 3.8) is 0 Å². The van der Waals surface area contributed by atoms with Gasteiger partial charge in [-0.1, -0.05) is 6.07 Å². The number of anilines is 2. The molecular weight excluding hydrogens is 477 g/mol. The molecule has 0 aromatic heterocycles. The zero-order chi connectivity index (χ0) is 24.8. The first-order valence-corrected chi connectivity index (χ1v) is 12.1. The van der Waals surface area contributed by atoms with Crippen LogP contribution in [-0.2, 0) is 14.8 Å². The number of hydrogen-bond acceptors (Lipinski definition) is 6. The van der Waals surface area contributed by atoms with E-state index in [2.05, 4.69) is 15.4 Å². The predicted molar refractivity (Wildman–Crippen MR) is 127 cm³/mol. The Morgan fingerprint density at radius 3 is 2.34 bits per heavy atom. The molecule has 4 rings (SSSR count). The summed E-state index contributed by atoms with van der Waals surface area (Å²) in [5.41, 5.74) is 0.783. The minimum absolute atomic E-state index is 0.0215. The maximum absolute atomic E-state index is 13.2. The molecule has 0 spiro atoms. The summed E-state index contributed by atoms with van der Waals surface area (Å²) < 4.78 is 52.3. The minimum atomic E-state index is -3.89. The van der Waals surface area contributed by atoms with E-state index in [0.717, 1.165) is 6.07 Å². The number of amides is 2. The van der Waals surface area contributed by atoms with Gasteiger partial charge >= 0.3 is 0 Å². The van der Waals surface area contributed by atoms with Crippen molar-refractivity contribution >= 4 is 33.2 Å². The van der Waals surface area contributed by atoms with Gasteiger partial charge in [-0.25, -0.2) is 12.8 Å². The van der Waals surface area contributed by atoms with Crippen molar-refractivity contribution in [2.24, 2.45) is 0 Å². The van der Waals surface area contributed by atoms with Gasteiger partial charge in [0.15, 0.2) is 11.5 Å². The number of sulfonamides is 1. The van der Waals surface area contributed by atoms with Crippen LogP contribution in [0.15, 0.2) is 71.6 Å². The van der Waals surface area contributed by atoms with Crippen LogP contribution in [-0.4, -0.2) is 40.0 Å². The molecule has 182 valence electrons. The highest BCUT2D eigenvalue weighted by molar-refractivity contribution is 7.92. The van der Waals surface area contributed by atoms with Gasteiger partial charge in [0.2, 0.25) is 5.91 Å².